The van der Waals surface area contributed by atoms with Crippen molar-refractivity contribution in [1.82, 2.24) is 15.1 Å². The molecule has 5 nitrogen and oxygen atoms in total. The third-order valence-corrected chi connectivity index (χ3v) is 2.73. The Bertz CT molecular complexity index is 661. The molecule has 0 amide bonds. The minimum absolute atomic E-state index is 0.424. The van der Waals surface area contributed by atoms with Crippen LogP contribution >= 0.6 is 0 Å². The van der Waals surface area contributed by atoms with Gasteiger partial charge < -0.3 is 10.3 Å². The maximum absolute atomic E-state index is 5.63. The molecule has 0 aliphatic rings. The Kier molecular flexibility index (Phi) is 2.72. The van der Waals surface area contributed by atoms with Crippen LogP contribution in [0.3, 0.4) is 0 Å². The molecule has 19 heavy (non-hydrogen) atoms. The van der Waals surface area contributed by atoms with E-state index in [1.54, 1.807) is 18.3 Å². The number of anilines is 1. The van der Waals surface area contributed by atoms with Crippen molar-refractivity contribution in [3.8, 4) is 22.8 Å². The number of nitrogens with zero attached hydrogens (tertiary/aromatic N) is 3. The number of benzene rings is 1. The topological polar surface area (TPSA) is 77.8 Å². The predicted octanol–water partition coefficient (Wildman–Crippen LogP) is 2.69. The number of pyridine rings is 1. The molecule has 0 radical (unpaired) electrons. The molecule has 2 N–H and O–H groups in total. The van der Waals surface area contributed by atoms with Crippen molar-refractivity contribution in [2.75, 3.05) is 5.73 Å². The molecule has 5 heteroatoms. The largest absolute Gasteiger partial charge is 0.384 e. The van der Waals surface area contributed by atoms with E-state index in [0.717, 1.165) is 16.7 Å². The van der Waals surface area contributed by atoms with Gasteiger partial charge in [0.15, 0.2) is 0 Å². The van der Waals surface area contributed by atoms with Crippen LogP contribution in [0.25, 0.3) is 22.8 Å². The maximum atomic E-state index is 5.63. The number of hydrogen-bond donors (Lipinski definition) is 1. The molecule has 2 aromatic heterocycles. The summed E-state index contributed by atoms with van der Waals surface area (Å²) in [5.41, 5.74) is 8.47. The summed E-state index contributed by atoms with van der Waals surface area (Å²) in [6, 6.07) is 11.4. The molecule has 94 valence electrons. The van der Waals surface area contributed by atoms with Gasteiger partial charge in [0.05, 0.1) is 0 Å². The van der Waals surface area contributed by atoms with Crippen molar-refractivity contribution in [1.29, 1.82) is 0 Å². The lowest BCUT2D eigenvalue weighted by Crippen LogP contribution is -1.89. The van der Waals surface area contributed by atoms with Crippen LogP contribution in [0.2, 0.25) is 0 Å². The van der Waals surface area contributed by atoms with Crippen LogP contribution in [0.5, 0.6) is 0 Å². The summed E-state index contributed by atoms with van der Waals surface area (Å²) < 4.78 is 5.26. The highest BCUT2D eigenvalue weighted by molar-refractivity contribution is 5.61. The molecular weight excluding hydrogens is 240 g/mol. The number of nitrogen functional groups attached to an aromatic ring is 1. The second kappa shape index (κ2) is 4.53. The van der Waals surface area contributed by atoms with E-state index in [-0.39, 0.29) is 0 Å². The van der Waals surface area contributed by atoms with Gasteiger partial charge >= 0.3 is 0 Å². The Labute approximate surface area is 110 Å². The third-order valence-electron chi connectivity index (χ3n) is 2.73. The van der Waals surface area contributed by atoms with Crippen LogP contribution in [0.15, 0.2) is 47.1 Å². The summed E-state index contributed by atoms with van der Waals surface area (Å²) in [5.74, 6) is 1.42. The Morgan fingerprint density at radius 3 is 2.79 bits per heavy atom. The van der Waals surface area contributed by atoms with Crippen LogP contribution in [-0.2, 0) is 0 Å². The van der Waals surface area contributed by atoms with Crippen molar-refractivity contribution < 1.29 is 4.52 Å². The van der Waals surface area contributed by atoms with Crippen molar-refractivity contribution in [2.45, 2.75) is 6.92 Å². The van der Waals surface area contributed by atoms with Crippen LogP contribution in [0, 0.1) is 6.92 Å². The minimum atomic E-state index is 0.424. The van der Waals surface area contributed by atoms with Gasteiger partial charge in [-0.25, -0.2) is 4.98 Å². The van der Waals surface area contributed by atoms with Gasteiger partial charge in [0, 0.05) is 17.3 Å². The molecule has 0 aliphatic carbocycles. The zero-order valence-corrected chi connectivity index (χ0v) is 10.4. The lowest BCUT2D eigenvalue weighted by Gasteiger charge is -1.96. The van der Waals surface area contributed by atoms with E-state index in [1.807, 2.05) is 31.2 Å². The molecule has 0 spiro atoms. The summed E-state index contributed by atoms with van der Waals surface area (Å²) >= 11 is 0. The zero-order chi connectivity index (χ0) is 13.2. The zero-order valence-electron chi connectivity index (χ0n) is 10.4. The van der Waals surface area contributed by atoms with Gasteiger partial charge in [-0.1, -0.05) is 28.9 Å². The van der Waals surface area contributed by atoms with Crippen molar-refractivity contribution >= 4 is 5.82 Å². The summed E-state index contributed by atoms with van der Waals surface area (Å²) in [4.78, 5) is 8.30. The third kappa shape index (κ3) is 2.30. The lowest BCUT2D eigenvalue weighted by atomic mass is 10.1. The van der Waals surface area contributed by atoms with Crippen LogP contribution in [-0.4, -0.2) is 15.1 Å². The molecular formula is C14H12N4O. The van der Waals surface area contributed by atoms with Crippen LogP contribution in [0.1, 0.15) is 5.56 Å². The lowest BCUT2D eigenvalue weighted by molar-refractivity contribution is 0.432. The molecule has 0 atom stereocenters. The van der Waals surface area contributed by atoms with E-state index < -0.39 is 0 Å². The molecule has 3 aromatic rings. The number of aryl methyl sites for hydroxylation is 1. The molecule has 0 saturated carbocycles. The van der Waals surface area contributed by atoms with Crippen molar-refractivity contribution in [2.24, 2.45) is 0 Å². The fourth-order valence-electron chi connectivity index (χ4n) is 1.82. The first-order chi connectivity index (χ1) is 9.22. The molecule has 3 rings (SSSR count). The van der Waals surface area contributed by atoms with E-state index in [0.29, 0.717) is 17.5 Å². The second-order valence-corrected chi connectivity index (χ2v) is 4.26. The maximum Gasteiger partial charge on any atom is 0.258 e. The Morgan fingerprint density at radius 1 is 1.11 bits per heavy atom. The van der Waals surface area contributed by atoms with E-state index in [9.17, 15) is 0 Å². The van der Waals surface area contributed by atoms with Crippen LogP contribution < -0.4 is 5.73 Å². The molecule has 0 bridgehead atoms. The van der Waals surface area contributed by atoms with Crippen LogP contribution in [0.4, 0.5) is 5.82 Å². The van der Waals surface area contributed by atoms with Crippen molar-refractivity contribution in [3.05, 3.63) is 48.2 Å². The van der Waals surface area contributed by atoms with Gasteiger partial charge in [-0.15, -0.1) is 0 Å². The van der Waals surface area contributed by atoms with Crippen molar-refractivity contribution in [3.63, 3.8) is 0 Å². The Hall–Kier alpha value is -2.69. The first-order valence-corrected chi connectivity index (χ1v) is 5.85. The van der Waals surface area contributed by atoms with Gasteiger partial charge in [-0.3, -0.25) is 0 Å². The SMILES string of the molecule is Cc1cccc(-c2noc(-c3ccnc(N)c3)n2)c1. The van der Waals surface area contributed by atoms with Gasteiger partial charge in [-0.2, -0.15) is 4.98 Å². The molecule has 0 aliphatic heterocycles. The summed E-state index contributed by atoms with van der Waals surface area (Å²) in [6.07, 6.45) is 1.61. The molecule has 0 saturated heterocycles. The monoisotopic (exact) mass is 252 g/mol. The highest BCUT2D eigenvalue weighted by Crippen LogP contribution is 2.23. The van der Waals surface area contributed by atoms with Gasteiger partial charge in [-0.05, 0) is 25.1 Å². The molecule has 0 fully saturated rings. The normalized spacial score (nSPS) is 10.6. The molecule has 0 unspecified atom stereocenters. The van der Waals surface area contributed by atoms with E-state index in [4.69, 9.17) is 10.3 Å². The number of aromatic nitrogens is 3. The highest BCUT2D eigenvalue weighted by atomic mass is 16.5. The van der Waals surface area contributed by atoms with E-state index in [2.05, 4.69) is 15.1 Å². The highest BCUT2D eigenvalue weighted by Gasteiger charge is 2.10. The first-order valence-electron chi connectivity index (χ1n) is 5.85. The predicted molar refractivity (Wildman–Crippen MR) is 72.1 cm³/mol. The number of nitrogens with two attached hydrogens (primary N) is 1. The first kappa shape index (κ1) is 11.4. The molecule has 1 aromatic carbocycles. The summed E-state index contributed by atoms with van der Waals surface area (Å²) in [7, 11) is 0. The summed E-state index contributed by atoms with van der Waals surface area (Å²) in [5, 5.41) is 3.99. The van der Waals surface area contributed by atoms with E-state index in [1.165, 1.54) is 0 Å². The molecule has 2 heterocycles. The van der Waals surface area contributed by atoms with Gasteiger partial charge in [0.25, 0.3) is 5.89 Å². The number of hydrogen-bond acceptors (Lipinski definition) is 5. The van der Waals surface area contributed by atoms with E-state index >= 15 is 0 Å². The summed E-state index contributed by atoms with van der Waals surface area (Å²) in [6.45, 7) is 2.02. The average Bonchev–Trinajstić information content (AvgIpc) is 2.88. The average molecular weight is 252 g/mol. The fraction of sp³-hybridized carbons (Fsp3) is 0.0714. The number of rotatable bonds is 2. The second-order valence-electron chi connectivity index (χ2n) is 4.26. The van der Waals surface area contributed by atoms with Gasteiger partial charge in [0.2, 0.25) is 5.82 Å². The Balaban J connectivity index is 2.00. The standard InChI is InChI=1S/C14H12N4O/c1-9-3-2-4-10(7-9)13-17-14(19-18-13)11-5-6-16-12(15)8-11/h2-8H,1H3,(H2,15,16). The fourth-order valence-corrected chi connectivity index (χ4v) is 1.82. The van der Waals surface area contributed by atoms with Gasteiger partial charge in [0.1, 0.15) is 5.82 Å². The quantitative estimate of drug-likeness (QED) is 0.758. The minimum Gasteiger partial charge on any atom is -0.384 e. The smallest absolute Gasteiger partial charge is 0.258 e. The Morgan fingerprint density at radius 2 is 2.00 bits per heavy atom.